The third-order valence-electron chi connectivity index (χ3n) is 3.66. The van der Waals surface area contributed by atoms with E-state index in [0.29, 0.717) is 10.5 Å². The van der Waals surface area contributed by atoms with Crippen molar-refractivity contribution in [3.05, 3.63) is 80.6 Å². The first kappa shape index (κ1) is 16.1. The zero-order valence-electron chi connectivity index (χ0n) is 12.1. The smallest absolute Gasteiger partial charge is 0.341 e. The van der Waals surface area contributed by atoms with Gasteiger partial charge < -0.3 is 9.67 Å². The lowest BCUT2D eigenvalue weighted by molar-refractivity contribution is 0.0695. The van der Waals surface area contributed by atoms with Gasteiger partial charge in [-0.15, -0.1) is 0 Å². The summed E-state index contributed by atoms with van der Waals surface area (Å²) in [6, 6.07) is 7.73. The van der Waals surface area contributed by atoms with Crippen molar-refractivity contribution in [3.8, 4) is 0 Å². The summed E-state index contributed by atoms with van der Waals surface area (Å²) in [4.78, 5) is 23.5. The van der Waals surface area contributed by atoms with Gasteiger partial charge in [0.2, 0.25) is 5.43 Å². The zero-order chi connectivity index (χ0) is 17.4. The number of hydrogen-bond acceptors (Lipinski definition) is 2. The van der Waals surface area contributed by atoms with E-state index >= 15 is 0 Å². The Balaban J connectivity index is 2.30. The van der Waals surface area contributed by atoms with E-state index in [4.69, 9.17) is 11.6 Å². The van der Waals surface area contributed by atoms with Gasteiger partial charge in [0.15, 0.2) is 0 Å². The number of rotatable bonds is 3. The minimum absolute atomic E-state index is 0.107. The van der Waals surface area contributed by atoms with Crippen LogP contribution in [-0.4, -0.2) is 15.6 Å². The van der Waals surface area contributed by atoms with Crippen molar-refractivity contribution in [1.82, 2.24) is 4.57 Å². The van der Waals surface area contributed by atoms with E-state index in [1.165, 1.54) is 28.8 Å². The summed E-state index contributed by atoms with van der Waals surface area (Å²) in [5.41, 5.74) is -1.11. The summed E-state index contributed by atoms with van der Waals surface area (Å²) in [5.74, 6) is -2.94. The standard InChI is InChI=1S/C17H10ClF2NO3/c18-9-4-5-10-15(6-9)21(8-12(16(10)22)17(23)24)7-11-13(19)2-1-3-14(11)20/h1-6,8H,7H2,(H,23,24). The van der Waals surface area contributed by atoms with Crippen molar-refractivity contribution in [1.29, 1.82) is 0 Å². The van der Waals surface area contributed by atoms with Crippen LogP contribution < -0.4 is 5.43 Å². The highest BCUT2D eigenvalue weighted by atomic mass is 35.5. The van der Waals surface area contributed by atoms with Crippen LogP contribution in [0.4, 0.5) is 8.78 Å². The lowest BCUT2D eigenvalue weighted by atomic mass is 10.1. The van der Waals surface area contributed by atoms with Gasteiger partial charge in [-0.05, 0) is 30.3 Å². The van der Waals surface area contributed by atoms with E-state index in [0.717, 1.165) is 18.3 Å². The fourth-order valence-electron chi connectivity index (χ4n) is 2.50. The summed E-state index contributed by atoms with van der Waals surface area (Å²) in [5, 5.41) is 9.61. The first-order chi connectivity index (χ1) is 11.4. The van der Waals surface area contributed by atoms with Gasteiger partial charge in [-0.2, -0.15) is 0 Å². The van der Waals surface area contributed by atoms with Crippen LogP contribution in [0.3, 0.4) is 0 Å². The third-order valence-corrected chi connectivity index (χ3v) is 3.90. The highest BCUT2D eigenvalue weighted by Crippen LogP contribution is 2.21. The number of aromatic carboxylic acids is 1. The summed E-state index contributed by atoms with van der Waals surface area (Å²) in [7, 11) is 0. The molecule has 4 nitrogen and oxygen atoms in total. The molecule has 0 amide bonds. The van der Waals surface area contributed by atoms with Crippen LogP contribution >= 0.6 is 11.6 Å². The summed E-state index contributed by atoms with van der Waals surface area (Å²) < 4.78 is 29.1. The van der Waals surface area contributed by atoms with E-state index in [1.807, 2.05) is 0 Å². The van der Waals surface area contributed by atoms with Gasteiger partial charge in [0.25, 0.3) is 0 Å². The molecule has 0 atom stereocenters. The maximum absolute atomic E-state index is 13.9. The molecule has 0 saturated heterocycles. The number of pyridine rings is 1. The lowest BCUT2D eigenvalue weighted by Crippen LogP contribution is -2.19. The fraction of sp³-hybridized carbons (Fsp3) is 0.0588. The molecular weight excluding hydrogens is 340 g/mol. The van der Waals surface area contributed by atoms with Crippen LogP contribution in [0.5, 0.6) is 0 Å². The quantitative estimate of drug-likeness (QED) is 0.784. The van der Waals surface area contributed by atoms with Gasteiger partial charge in [0, 0.05) is 22.2 Å². The molecule has 0 aliphatic heterocycles. The highest BCUT2D eigenvalue weighted by molar-refractivity contribution is 6.31. The van der Waals surface area contributed by atoms with E-state index < -0.39 is 28.6 Å². The monoisotopic (exact) mass is 349 g/mol. The number of carbonyl (C=O) groups is 1. The molecule has 0 radical (unpaired) electrons. The number of aromatic nitrogens is 1. The number of halogens is 3. The first-order valence-corrected chi connectivity index (χ1v) is 7.25. The van der Waals surface area contributed by atoms with Crippen molar-refractivity contribution in [2.75, 3.05) is 0 Å². The maximum atomic E-state index is 13.9. The van der Waals surface area contributed by atoms with Crippen LogP contribution in [0.15, 0.2) is 47.4 Å². The Labute approximate surface area is 139 Å². The molecular formula is C17H10ClF2NO3. The van der Waals surface area contributed by atoms with Gasteiger partial charge >= 0.3 is 5.97 Å². The molecule has 3 aromatic rings. The number of fused-ring (bicyclic) bond motifs is 1. The molecule has 3 rings (SSSR count). The largest absolute Gasteiger partial charge is 0.477 e. The van der Waals surface area contributed by atoms with Crippen LogP contribution in [-0.2, 0) is 6.54 Å². The van der Waals surface area contributed by atoms with Crippen molar-refractivity contribution in [3.63, 3.8) is 0 Å². The number of benzene rings is 2. The molecule has 7 heteroatoms. The summed E-state index contributed by atoms with van der Waals surface area (Å²) >= 11 is 5.93. The molecule has 1 N–H and O–H groups in total. The SMILES string of the molecule is O=C(O)c1cn(Cc2c(F)cccc2F)c2cc(Cl)ccc2c1=O. The predicted molar refractivity (Wildman–Crippen MR) is 85.6 cm³/mol. The Morgan fingerprint density at radius 1 is 1.17 bits per heavy atom. The van der Waals surface area contributed by atoms with E-state index in [-0.39, 0.29) is 17.5 Å². The Kier molecular flexibility index (Phi) is 4.07. The average molecular weight is 350 g/mol. The number of nitrogens with zero attached hydrogens (tertiary/aromatic N) is 1. The zero-order valence-corrected chi connectivity index (χ0v) is 12.8. The molecule has 1 aromatic heterocycles. The van der Waals surface area contributed by atoms with Gasteiger partial charge in [-0.3, -0.25) is 4.79 Å². The van der Waals surface area contributed by atoms with Crippen molar-refractivity contribution >= 4 is 28.5 Å². The minimum atomic E-state index is -1.42. The first-order valence-electron chi connectivity index (χ1n) is 6.87. The van der Waals surface area contributed by atoms with Crippen LogP contribution in [0.2, 0.25) is 5.02 Å². The summed E-state index contributed by atoms with van der Waals surface area (Å²) in [6.07, 6.45) is 1.06. The molecule has 0 fully saturated rings. The van der Waals surface area contributed by atoms with Gasteiger partial charge in [-0.25, -0.2) is 13.6 Å². The lowest BCUT2D eigenvalue weighted by Gasteiger charge is -2.14. The van der Waals surface area contributed by atoms with Crippen molar-refractivity contribution in [2.45, 2.75) is 6.54 Å². The second kappa shape index (κ2) is 6.05. The molecule has 2 aromatic carbocycles. The highest BCUT2D eigenvalue weighted by Gasteiger charge is 2.17. The normalized spacial score (nSPS) is 11.0. The van der Waals surface area contributed by atoms with E-state index in [9.17, 15) is 23.5 Å². The molecule has 122 valence electrons. The number of hydrogen-bond donors (Lipinski definition) is 1. The van der Waals surface area contributed by atoms with Gasteiger partial charge in [0.1, 0.15) is 17.2 Å². The third kappa shape index (κ3) is 2.76. The molecule has 0 saturated carbocycles. The average Bonchev–Trinajstić information content (AvgIpc) is 2.52. The topological polar surface area (TPSA) is 59.3 Å². The molecule has 24 heavy (non-hydrogen) atoms. The molecule has 0 bridgehead atoms. The molecule has 0 aliphatic carbocycles. The van der Waals surface area contributed by atoms with Crippen molar-refractivity contribution < 1.29 is 18.7 Å². The summed E-state index contributed by atoms with van der Waals surface area (Å²) in [6.45, 7) is -0.282. The molecule has 0 unspecified atom stereocenters. The fourth-order valence-corrected chi connectivity index (χ4v) is 2.67. The van der Waals surface area contributed by atoms with E-state index in [2.05, 4.69) is 0 Å². The molecule has 0 aliphatic rings. The minimum Gasteiger partial charge on any atom is -0.477 e. The van der Waals surface area contributed by atoms with Gasteiger partial charge in [0.05, 0.1) is 12.1 Å². The van der Waals surface area contributed by atoms with Crippen LogP contribution in [0.25, 0.3) is 10.9 Å². The number of carboxylic acid groups (broad SMARTS) is 1. The number of carboxylic acids is 1. The maximum Gasteiger partial charge on any atom is 0.341 e. The Bertz CT molecular complexity index is 1010. The second-order valence-corrected chi connectivity index (χ2v) is 5.60. The van der Waals surface area contributed by atoms with Crippen molar-refractivity contribution in [2.24, 2.45) is 0 Å². The molecule has 0 spiro atoms. The second-order valence-electron chi connectivity index (χ2n) is 5.17. The van der Waals surface area contributed by atoms with Crippen LogP contribution in [0, 0.1) is 11.6 Å². The van der Waals surface area contributed by atoms with Crippen LogP contribution in [0.1, 0.15) is 15.9 Å². The van der Waals surface area contributed by atoms with Gasteiger partial charge in [-0.1, -0.05) is 17.7 Å². The Hall–Kier alpha value is -2.73. The Morgan fingerprint density at radius 3 is 2.46 bits per heavy atom. The molecule has 1 heterocycles. The predicted octanol–water partition coefficient (Wildman–Crippen LogP) is 3.68. The Morgan fingerprint density at radius 2 is 1.83 bits per heavy atom. The van der Waals surface area contributed by atoms with E-state index in [1.54, 1.807) is 0 Å².